The van der Waals surface area contributed by atoms with Crippen molar-refractivity contribution >= 4 is 11.9 Å². The second-order valence-electron chi connectivity index (χ2n) is 5.22. The zero-order valence-corrected chi connectivity index (χ0v) is 17.5. The summed E-state index contributed by atoms with van der Waals surface area (Å²) in [6.45, 7) is 6.12. The van der Waals surface area contributed by atoms with Crippen LogP contribution in [0.2, 0.25) is 0 Å². The van der Waals surface area contributed by atoms with E-state index in [4.69, 9.17) is 15.9 Å². The van der Waals surface area contributed by atoms with Gasteiger partial charge in [0, 0.05) is 0 Å². The first kappa shape index (κ1) is 27.4. The molecule has 0 aromatic heterocycles. The van der Waals surface area contributed by atoms with Crippen molar-refractivity contribution < 1.29 is 71.2 Å². The quantitative estimate of drug-likeness (QED) is 0.274. The number of hydrogen-bond acceptors (Lipinski definition) is 3. The molecule has 0 saturated heterocycles. The van der Waals surface area contributed by atoms with E-state index in [1.807, 2.05) is 0 Å². The number of carboxylic acids is 2. The largest absolute Gasteiger partial charge is 1.00 e. The summed E-state index contributed by atoms with van der Waals surface area (Å²) in [5, 5.41) is 16.0. The van der Waals surface area contributed by atoms with Crippen LogP contribution in [0.25, 0.3) is 0 Å². The van der Waals surface area contributed by atoms with E-state index in [0.717, 1.165) is 6.42 Å². The van der Waals surface area contributed by atoms with Crippen LogP contribution in [0.3, 0.4) is 0 Å². The Morgan fingerprint density at radius 2 is 1.36 bits per heavy atom. The summed E-state index contributed by atoms with van der Waals surface area (Å²) in [7, 11) is 0. The Hall–Kier alpha value is 0.536. The molecule has 22 heavy (non-hydrogen) atoms. The van der Waals surface area contributed by atoms with Gasteiger partial charge in [0.1, 0.15) is 6.04 Å². The Bertz CT molecular complexity index is 253. The molecule has 0 amide bonds. The number of rotatable bonds is 12. The van der Waals surface area contributed by atoms with Gasteiger partial charge in [-0.2, -0.15) is 6.42 Å². The van der Waals surface area contributed by atoms with E-state index >= 15 is 0 Å². The van der Waals surface area contributed by atoms with Gasteiger partial charge < -0.3 is 22.9 Å². The van der Waals surface area contributed by atoms with Crippen LogP contribution >= 0.6 is 0 Å². The fourth-order valence-electron chi connectivity index (χ4n) is 1.76. The molecule has 0 fully saturated rings. The molecule has 0 aliphatic heterocycles. The molecule has 0 rings (SSSR count). The van der Waals surface area contributed by atoms with E-state index in [9.17, 15) is 9.59 Å². The molecule has 0 saturated carbocycles. The van der Waals surface area contributed by atoms with Crippen LogP contribution in [-0.2, 0) is 9.59 Å². The van der Waals surface area contributed by atoms with Crippen molar-refractivity contribution in [3.63, 3.8) is 0 Å². The third-order valence-corrected chi connectivity index (χ3v) is 3.07. The topological polar surface area (TPSA) is 101 Å². The second-order valence-corrected chi connectivity index (χ2v) is 5.22. The summed E-state index contributed by atoms with van der Waals surface area (Å²) >= 11 is 0. The molecule has 0 aliphatic rings. The molecule has 0 radical (unpaired) electrons. The van der Waals surface area contributed by atoms with E-state index in [2.05, 4.69) is 13.8 Å². The van der Waals surface area contributed by atoms with Crippen LogP contribution in [-0.4, -0.2) is 28.2 Å². The van der Waals surface area contributed by atoms with E-state index in [1.165, 1.54) is 57.8 Å². The predicted octanol–water partition coefficient (Wildman–Crippen LogP) is 0.618. The molecule has 0 aliphatic carbocycles. The second kappa shape index (κ2) is 21.5. The molecule has 0 aromatic carbocycles. The van der Waals surface area contributed by atoms with Crippen molar-refractivity contribution in [2.75, 3.05) is 0 Å². The van der Waals surface area contributed by atoms with Gasteiger partial charge in [-0.3, -0.25) is 9.59 Å². The number of nitrogens with two attached hydrogens (primary N) is 1. The maximum atomic E-state index is 9.85. The van der Waals surface area contributed by atoms with Gasteiger partial charge >= 0.3 is 63.3 Å². The predicted molar refractivity (Wildman–Crippen MR) is 85.1 cm³/mol. The zero-order valence-electron chi connectivity index (χ0n) is 14.4. The third-order valence-electron chi connectivity index (χ3n) is 3.07. The minimum absolute atomic E-state index is 0. The van der Waals surface area contributed by atoms with E-state index in [1.54, 1.807) is 0 Å². The normalized spacial score (nSPS) is 10.9. The van der Waals surface area contributed by atoms with Crippen LogP contribution in [0.15, 0.2) is 0 Å². The first-order valence-corrected chi connectivity index (χ1v) is 7.95. The fraction of sp³-hybridized carbons (Fsp3) is 0.812. The van der Waals surface area contributed by atoms with Crippen molar-refractivity contribution in [2.24, 2.45) is 5.73 Å². The summed E-state index contributed by atoms with van der Waals surface area (Å²) < 4.78 is 0. The van der Waals surface area contributed by atoms with Crippen molar-refractivity contribution in [1.82, 2.24) is 0 Å². The maximum absolute atomic E-state index is 9.85. The van der Waals surface area contributed by atoms with Crippen molar-refractivity contribution in [1.29, 1.82) is 0 Å². The molecule has 126 valence electrons. The molecule has 0 spiro atoms. The van der Waals surface area contributed by atoms with Gasteiger partial charge in [0.2, 0.25) is 0 Å². The van der Waals surface area contributed by atoms with Crippen LogP contribution in [0.1, 0.15) is 77.6 Å². The van der Waals surface area contributed by atoms with Crippen molar-refractivity contribution in [2.45, 2.75) is 83.6 Å². The standard InChI is InChI=1S/C12H25.C4H7NO4.K/c1-3-5-7-9-11-12-10-8-6-4-2;5-2(4(8)9)1-3(6)7;/h1,3-12H2,2H3;2H,1,5H2,(H,6,7)(H,8,9);/q-1;;+1. The minimum Gasteiger partial charge on any atom is -0.481 e. The average molecular weight is 342 g/mol. The van der Waals surface area contributed by atoms with Crippen LogP contribution in [0, 0.1) is 6.92 Å². The van der Waals surface area contributed by atoms with E-state index in [0.29, 0.717) is 0 Å². The number of unbranched alkanes of at least 4 members (excludes halogenated alkanes) is 9. The molecule has 1 atom stereocenters. The van der Waals surface area contributed by atoms with Crippen molar-refractivity contribution in [3.8, 4) is 0 Å². The van der Waals surface area contributed by atoms with Crippen LogP contribution in [0.5, 0.6) is 0 Å². The first-order valence-electron chi connectivity index (χ1n) is 7.95. The average Bonchev–Trinajstić information content (AvgIpc) is 2.42. The summed E-state index contributed by atoms with van der Waals surface area (Å²) in [5.41, 5.74) is 4.84. The summed E-state index contributed by atoms with van der Waals surface area (Å²) in [5.74, 6) is -2.50. The fourth-order valence-corrected chi connectivity index (χ4v) is 1.76. The van der Waals surface area contributed by atoms with Gasteiger partial charge in [-0.25, -0.2) is 0 Å². The smallest absolute Gasteiger partial charge is 0.481 e. The van der Waals surface area contributed by atoms with E-state index in [-0.39, 0.29) is 51.4 Å². The molecule has 6 heteroatoms. The molecule has 0 heterocycles. The van der Waals surface area contributed by atoms with Gasteiger partial charge in [-0.1, -0.05) is 64.7 Å². The summed E-state index contributed by atoms with van der Waals surface area (Å²) in [4.78, 5) is 19.6. The molecule has 4 N–H and O–H groups in total. The molecular weight excluding hydrogens is 309 g/mol. The zero-order chi connectivity index (χ0) is 16.5. The number of hydrogen-bond donors (Lipinski definition) is 3. The number of carboxylic acid groups (broad SMARTS) is 2. The number of carbonyl (C=O) groups is 2. The molecule has 0 bridgehead atoms. The van der Waals surface area contributed by atoms with E-state index < -0.39 is 24.4 Å². The minimum atomic E-state index is -1.29. The molecule has 5 nitrogen and oxygen atoms in total. The summed E-state index contributed by atoms with van der Waals surface area (Å²) in [6, 6.07) is -1.29. The van der Waals surface area contributed by atoms with Crippen LogP contribution < -0.4 is 57.1 Å². The monoisotopic (exact) mass is 341 g/mol. The molecule has 0 aromatic rings. The van der Waals surface area contributed by atoms with Gasteiger partial charge in [0.15, 0.2) is 0 Å². The Morgan fingerprint density at radius 1 is 0.955 bits per heavy atom. The maximum Gasteiger partial charge on any atom is 1.00 e. The SMILES string of the molecule is NC(CC(=O)O)C(=O)O.[CH2-]CCCCCCCCCCC.[K+]. The Kier molecular flexibility index (Phi) is 26.8. The van der Waals surface area contributed by atoms with Crippen molar-refractivity contribution in [3.05, 3.63) is 6.92 Å². The van der Waals surface area contributed by atoms with Gasteiger partial charge in [0.25, 0.3) is 0 Å². The Morgan fingerprint density at radius 3 is 1.64 bits per heavy atom. The molecule has 1 unspecified atom stereocenters. The Labute approximate surface area is 177 Å². The summed E-state index contributed by atoms with van der Waals surface area (Å²) in [6.07, 6.45) is 13.4. The first-order chi connectivity index (χ1) is 9.95. The van der Waals surface area contributed by atoms with Crippen LogP contribution in [0.4, 0.5) is 0 Å². The van der Waals surface area contributed by atoms with Gasteiger partial charge in [-0.05, 0) is 0 Å². The van der Waals surface area contributed by atoms with Gasteiger partial charge in [0.05, 0.1) is 6.42 Å². The van der Waals surface area contributed by atoms with Gasteiger partial charge in [-0.15, -0.1) is 0 Å². The third kappa shape index (κ3) is 25.5. The Balaban J connectivity index is -0.000000326. The molecular formula is C16H32KNO4. The number of aliphatic carboxylic acids is 2.